The van der Waals surface area contributed by atoms with Gasteiger partial charge in [0.05, 0.1) is 19.1 Å². The highest BCUT2D eigenvalue weighted by molar-refractivity contribution is 5.94. The summed E-state index contributed by atoms with van der Waals surface area (Å²) in [5.74, 6) is 0.521. The minimum Gasteiger partial charge on any atom is -0.376 e. The molecule has 16 heavy (non-hydrogen) atoms. The number of carbonyl (C=O) groups is 1. The second-order valence-corrected chi connectivity index (χ2v) is 4.23. The maximum atomic E-state index is 11.5. The largest absolute Gasteiger partial charge is 0.376 e. The summed E-state index contributed by atoms with van der Waals surface area (Å²) < 4.78 is 5.58. The Kier molecular flexibility index (Phi) is 3.52. The van der Waals surface area contributed by atoms with E-state index in [2.05, 4.69) is 6.92 Å². The van der Waals surface area contributed by atoms with Crippen molar-refractivity contribution < 1.29 is 9.53 Å². The Morgan fingerprint density at radius 2 is 2.00 bits per heavy atom. The van der Waals surface area contributed by atoms with Crippen molar-refractivity contribution in [3.05, 3.63) is 48.0 Å². The SMILES string of the molecule is C[C@H]1C=CC(=O)[C@@H]1COCc1ccccc1. The topological polar surface area (TPSA) is 26.3 Å². The molecule has 2 nitrogen and oxygen atoms in total. The van der Waals surface area contributed by atoms with E-state index in [0.29, 0.717) is 19.1 Å². The minimum atomic E-state index is 0.0173. The maximum absolute atomic E-state index is 11.5. The second kappa shape index (κ2) is 5.08. The van der Waals surface area contributed by atoms with Crippen molar-refractivity contribution in [2.24, 2.45) is 11.8 Å². The highest BCUT2D eigenvalue weighted by Gasteiger charge is 2.26. The molecule has 0 amide bonds. The molecular formula is C14H16O2. The summed E-state index contributed by atoms with van der Waals surface area (Å²) >= 11 is 0. The van der Waals surface area contributed by atoms with Crippen LogP contribution in [0.25, 0.3) is 0 Å². The van der Waals surface area contributed by atoms with Crippen molar-refractivity contribution in [3.63, 3.8) is 0 Å². The van der Waals surface area contributed by atoms with Crippen LogP contribution >= 0.6 is 0 Å². The van der Waals surface area contributed by atoms with Gasteiger partial charge >= 0.3 is 0 Å². The molecule has 1 aromatic rings. The third kappa shape index (κ3) is 2.58. The zero-order valence-electron chi connectivity index (χ0n) is 9.43. The second-order valence-electron chi connectivity index (χ2n) is 4.23. The van der Waals surface area contributed by atoms with Gasteiger partial charge < -0.3 is 4.74 Å². The number of benzene rings is 1. The van der Waals surface area contributed by atoms with Crippen LogP contribution in [0.15, 0.2) is 42.5 Å². The van der Waals surface area contributed by atoms with Gasteiger partial charge in [0.1, 0.15) is 0 Å². The molecule has 0 saturated carbocycles. The van der Waals surface area contributed by atoms with Gasteiger partial charge in [-0.05, 0) is 17.6 Å². The molecule has 1 aromatic carbocycles. The van der Waals surface area contributed by atoms with Gasteiger partial charge in [-0.15, -0.1) is 0 Å². The molecule has 0 unspecified atom stereocenters. The van der Waals surface area contributed by atoms with Crippen LogP contribution in [0.2, 0.25) is 0 Å². The zero-order valence-corrected chi connectivity index (χ0v) is 9.43. The van der Waals surface area contributed by atoms with Gasteiger partial charge in [0.25, 0.3) is 0 Å². The molecule has 2 rings (SSSR count). The van der Waals surface area contributed by atoms with Gasteiger partial charge in [0, 0.05) is 0 Å². The fraction of sp³-hybridized carbons (Fsp3) is 0.357. The molecule has 2 heteroatoms. The third-order valence-electron chi connectivity index (χ3n) is 2.97. The van der Waals surface area contributed by atoms with E-state index >= 15 is 0 Å². The first-order valence-corrected chi connectivity index (χ1v) is 5.61. The molecule has 0 spiro atoms. The molecule has 0 aromatic heterocycles. The smallest absolute Gasteiger partial charge is 0.161 e. The monoisotopic (exact) mass is 216 g/mol. The van der Waals surface area contributed by atoms with E-state index in [4.69, 9.17) is 4.74 Å². The molecule has 84 valence electrons. The first-order chi connectivity index (χ1) is 7.77. The van der Waals surface area contributed by atoms with Crippen LogP contribution < -0.4 is 0 Å². The van der Waals surface area contributed by atoms with Crippen LogP contribution in [0.1, 0.15) is 12.5 Å². The molecule has 0 saturated heterocycles. The van der Waals surface area contributed by atoms with Crippen molar-refractivity contribution in [1.82, 2.24) is 0 Å². The molecule has 0 N–H and O–H groups in total. The van der Waals surface area contributed by atoms with Crippen LogP contribution in [0.4, 0.5) is 0 Å². The van der Waals surface area contributed by atoms with Gasteiger partial charge in [-0.1, -0.05) is 43.3 Å². The Labute approximate surface area is 95.9 Å². The summed E-state index contributed by atoms with van der Waals surface area (Å²) in [7, 11) is 0. The fourth-order valence-corrected chi connectivity index (χ4v) is 1.88. The molecule has 0 radical (unpaired) electrons. The van der Waals surface area contributed by atoms with Crippen molar-refractivity contribution in [2.75, 3.05) is 6.61 Å². The summed E-state index contributed by atoms with van der Waals surface area (Å²) in [4.78, 5) is 11.5. The van der Waals surface area contributed by atoms with Crippen LogP contribution in [0.5, 0.6) is 0 Å². The zero-order chi connectivity index (χ0) is 11.4. The lowest BCUT2D eigenvalue weighted by Crippen LogP contribution is -2.20. The predicted octanol–water partition coefficient (Wildman–Crippen LogP) is 2.59. The summed E-state index contributed by atoms with van der Waals surface area (Å²) in [5, 5.41) is 0. The van der Waals surface area contributed by atoms with Gasteiger partial charge in [-0.25, -0.2) is 0 Å². The minimum absolute atomic E-state index is 0.0173. The lowest BCUT2D eigenvalue weighted by Gasteiger charge is -2.14. The standard InChI is InChI=1S/C14H16O2/c1-11-7-8-14(15)13(11)10-16-9-12-5-3-2-4-6-12/h2-8,11,13H,9-10H2,1H3/t11-,13+/m0/s1. The predicted molar refractivity (Wildman–Crippen MR) is 62.9 cm³/mol. The first kappa shape index (κ1) is 11.1. The van der Waals surface area contributed by atoms with E-state index in [0.717, 1.165) is 5.56 Å². The summed E-state index contributed by atoms with van der Waals surface area (Å²) in [6.45, 7) is 3.15. The number of ether oxygens (including phenoxy) is 1. The van der Waals surface area contributed by atoms with Crippen LogP contribution in [-0.2, 0) is 16.1 Å². The van der Waals surface area contributed by atoms with Gasteiger partial charge in [0.15, 0.2) is 5.78 Å². The molecule has 1 aliphatic carbocycles. The molecule has 0 bridgehead atoms. The molecule has 0 heterocycles. The van der Waals surface area contributed by atoms with E-state index in [1.54, 1.807) is 6.08 Å². The average Bonchev–Trinajstić information content (AvgIpc) is 2.62. The number of hydrogen-bond donors (Lipinski definition) is 0. The normalized spacial score (nSPS) is 23.9. The van der Waals surface area contributed by atoms with E-state index in [9.17, 15) is 4.79 Å². The van der Waals surface area contributed by atoms with Crippen LogP contribution in [-0.4, -0.2) is 12.4 Å². The highest BCUT2D eigenvalue weighted by Crippen LogP contribution is 2.22. The quantitative estimate of drug-likeness (QED) is 0.773. The van der Waals surface area contributed by atoms with E-state index in [-0.39, 0.29) is 11.7 Å². The van der Waals surface area contributed by atoms with E-state index < -0.39 is 0 Å². The van der Waals surface area contributed by atoms with Crippen molar-refractivity contribution in [1.29, 1.82) is 0 Å². The Balaban J connectivity index is 1.79. The molecule has 1 aliphatic rings. The van der Waals surface area contributed by atoms with Gasteiger partial charge in [0.2, 0.25) is 0 Å². The maximum Gasteiger partial charge on any atom is 0.161 e. The Morgan fingerprint density at radius 3 is 2.62 bits per heavy atom. The fourth-order valence-electron chi connectivity index (χ4n) is 1.88. The number of ketones is 1. The Morgan fingerprint density at radius 1 is 1.25 bits per heavy atom. The summed E-state index contributed by atoms with van der Waals surface area (Å²) in [5.41, 5.74) is 1.15. The number of allylic oxidation sites excluding steroid dienone is 2. The molecule has 0 fully saturated rings. The van der Waals surface area contributed by atoms with E-state index in [1.807, 2.05) is 36.4 Å². The van der Waals surface area contributed by atoms with Crippen molar-refractivity contribution in [3.8, 4) is 0 Å². The van der Waals surface area contributed by atoms with Crippen molar-refractivity contribution in [2.45, 2.75) is 13.5 Å². The van der Waals surface area contributed by atoms with Crippen molar-refractivity contribution >= 4 is 5.78 Å². The van der Waals surface area contributed by atoms with E-state index in [1.165, 1.54) is 0 Å². The Hall–Kier alpha value is -1.41. The molecular weight excluding hydrogens is 200 g/mol. The summed E-state index contributed by atoms with van der Waals surface area (Å²) in [6, 6.07) is 10.0. The number of rotatable bonds is 4. The third-order valence-corrected chi connectivity index (χ3v) is 2.97. The van der Waals surface area contributed by atoms with Crippen LogP contribution in [0.3, 0.4) is 0 Å². The lowest BCUT2D eigenvalue weighted by atomic mass is 9.98. The highest BCUT2D eigenvalue weighted by atomic mass is 16.5. The van der Waals surface area contributed by atoms with Crippen LogP contribution in [0, 0.1) is 11.8 Å². The summed E-state index contributed by atoms with van der Waals surface area (Å²) in [6.07, 6.45) is 3.63. The number of hydrogen-bond acceptors (Lipinski definition) is 2. The lowest BCUT2D eigenvalue weighted by molar-refractivity contribution is -0.120. The molecule has 0 aliphatic heterocycles. The Bertz CT molecular complexity index is 381. The van der Waals surface area contributed by atoms with Gasteiger partial charge in [-0.3, -0.25) is 4.79 Å². The number of carbonyl (C=O) groups excluding carboxylic acids is 1. The van der Waals surface area contributed by atoms with Gasteiger partial charge in [-0.2, -0.15) is 0 Å². The average molecular weight is 216 g/mol. The first-order valence-electron chi connectivity index (χ1n) is 5.61. The molecule has 2 atom stereocenters.